The lowest BCUT2D eigenvalue weighted by molar-refractivity contribution is -0.116. The number of nitrogens with zero attached hydrogens (tertiary/aromatic N) is 3. The van der Waals surface area contributed by atoms with E-state index >= 15 is 0 Å². The van der Waals surface area contributed by atoms with E-state index in [-0.39, 0.29) is 29.7 Å². The Balaban J connectivity index is 1.60. The first-order valence-electron chi connectivity index (χ1n) is 9.37. The van der Waals surface area contributed by atoms with Crippen LogP contribution >= 0.6 is 11.3 Å². The number of amides is 1. The number of sulfonamides is 1. The number of aromatic nitrogens is 2. The number of anilines is 1. The van der Waals surface area contributed by atoms with Gasteiger partial charge in [-0.05, 0) is 35.7 Å². The highest BCUT2D eigenvalue weighted by Gasteiger charge is 2.21. The number of hydrogen-bond acceptors (Lipinski definition) is 7. The maximum Gasteiger partial charge on any atom is 0.437 e. The van der Waals surface area contributed by atoms with Gasteiger partial charge in [0.1, 0.15) is 0 Å². The van der Waals surface area contributed by atoms with Crippen LogP contribution in [-0.2, 0) is 21.4 Å². The van der Waals surface area contributed by atoms with Crippen molar-refractivity contribution in [3.63, 3.8) is 0 Å². The van der Waals surface area contributed by atoms with Gasteiger partial charge >= 0.3 is 5.76 Å². The van der Waals surface area contributed by atoms with Crippen molar-refractivity contribution in [2.45, 2.75) is 31.7 Å². The summed E-state index contributed by atoms with van der Waals surface area (Å²) in [6.07, 6.45) is 0.00974. The summed E-state index contributed by atoms with van der Waals surface area (Å²) in [5.74, 6) is -0.737. The Morgan fingerprint density at radius 1 is 1.20 bits per heavy atom. The molecule has 0 aliphatic heterocycles. The van der Waals surface area contributed by atoms with Gasteiger partial charge in [-0.25, -0.2) is 13.2 Å². The van der Waals surface area contributed by atoms with Gasteiger partial charge in [0.2, 0.25) is 15.9 Å². The van der Waals surface area contributed by atoms with Crippen molar-refractivity contribution in [3.8, 4) is 10.8 Å². The van der Waals surface area contributed by atoms with Crippen LogP contribution in [0.15, 0.2) is 55.9 Å². The van der Waals surface area contributed by atoms with Gasteiger partial charge in [-0.1, -0.05) is 19.9 Å². The van der Waals surface area contributed by atoms with Crippen molar-refractivity contribution >= 4 is 33.0 Å². The highest BCUT2D eigenvalue weighted by atomic mass is 32.2. The second-order valence-corrected chi connectivity index (χ2v) is 9.17. The molecular formula is C19H22N4O5S2. The van der Waals surface area contributed by atoms with Crippen molar-refractivity contribution < 1.29 is 17.6 Å². The number of aryl methyl sites for hydroxylation is 1. The first kappa shape index (κ1) is 21.9. The van der Waals surface area contributed by atoms with Crippen LogP contribution in [0, 0.1) is 0 Å². The van der Waals surface area contributed by atoms with Gasteiger partial charge in [0.15, 0.2) is 0 Å². The molecule has 9 nitrogen and oxygen atoms in total. The molecule has 0 fully saturated rings. The molecule has 0 unspecified atom stereocenters. The normalized spacial score (nSPS) is 11.7. The van der Waals surface area contributed by atoms with E-state index in [2.05, 4.69) is 10.4 Å². The molecular weight excluding hydrogens is 428 g/mol. The molecule has 160 valence electrons. The van der Waals surface area contributed by atoms with E-state index in [0.29, 0.717) is 18.8 Å². The van der Waals surface area contributed by atoms with Crippen molar-refractivity contribution in [2.24, 2.45) is 0 Å². The first-order chi connectivity index (χ1) is 14.3. The van der Waals surface area contributed by atoms with Crippen LogP contribution in [0.2, 0.25) is 0 Å². The number of carbonyl (C=O) groups excluding carboxylic acids is 1. The van der Waals surface area contributed by atoms with E-state index in [1.54, 1.807) is 19.9 Å². The summed E-state index contributed by atoms with van der Waals surface area (Å²) in [7, 11) is -3.55. The van der Waals surface area contributed by atoms with Gasteiger partial charge in [0.25, 0.3) is 5.89 Å². The molecule has 0 spiro atoms. The minimum Gasteiger partial charge on any atom is -0.387 e. The maximum absolute atomic E-state index is 12.5. The number of benzene rings is 1. The Morgan fingerprint density at radius 3 is 2.50 bits per heavy atom. The van der Waals surface area contributed by atoms with Crippen LogP contribution in [-0.4, -0.2) is 41.5 Å². The van der Waals surface area contributed by atoms with E-state index in [9.17, 15) is 18.0 Å². The van der Waals surface area contributed by atoms with Crippen LogP contribution < -0.4 is 11.1 Å². The highest BCUT2D eigenvalue weighted by Crippen LogP contribution is 2.21. The van der Waals surface area contributed by atoms with Gasteiger partial charge in [0, 0.05) is 25.2 Å². The van der Waals surface area contributed by atoms with Gasteiger partial charge in [-0.15, -0.1) is 16.4 Å². The average Bonchev–Trinajstić information content (AvgIpc) is 3.37. The second-order valence-electron chi connectivity index (χ2n) is 6.29. The van der Waals surface area contributed by atoms with Crippen LogP contribution in [0.3, 0.4) is 0 Å². The SMILES string of the molecule is CCN(CC)S(=O)(=O)c1ccc(NC(=O)CCn2nc(-c3cccs3)oc2=O)cc1. The van der Waals surface area contributed by atoms with Crippen LogP contribution in [0.1, 0.15) is 20.3 Å². The minimum absolute atomic E-state index is 0.00974. The van der Waals surface area contributed by atoms with E-state index in [1.807, 2.05) is 11.4 Å². The molecule has 3 aromatic rings. The zero-order valence-electron chi connectivity index (χ0n) is 16.6. The molecule has 0 saturated carbocycles. The van der Waals surface area contributed by atoms with E-state index in [0.717, 1.165) is 9.56 Å². The summed E-state index contributed by atoms with van der Waals surface area (Å²) in [6, 6.07) is 9.59. The Morgan fingerprint density at radius 2 is 1.90 bits per heavy atom. The fourth-order valence-corrected chi connectivity index (χ4v) is 4.90. The Labute approximate surface area is 178 Å². The molecule has 0 aliphatic rings. The smallest absolute Gasteiger partial charge is 0.387 e. The zero-order valence-corrected chi connectivity index (χ0v) is 18.2. The van der Waals surface area contributed by atoms with Crippen LogP contribution in [0.25, 0.3) is 10.8 Å². The second kappa shape index (κ2) is 9.37. The quantitative estimate of drug-likeness (QED) is 0.536. The average molecular weight is 451 g/mol. The molecule has 30 heavy (non-hydrogen) atoms. The summed E-state index contributed by atoms with van der Waals surface area (Å²) in [5.41, 5.74) is 0.463. The van der Waals surface area contributed by atoms with Gasteiger partial charge in [-0.2, -0.15) is 8.99 Å². The third kappa shape index (κ3) is 4.86. The van der Waals surface area contributed by atoms with Crippen LogP contribution in [0.4, 0.5) is 5.69 Å². The lowest BCUT2D eigenvalue weighted by Crippen LogP contribution is -2.30. The molecule has 11 heteroatoms. The molecule has 1 amide bonds. The molecule has 0 atom stereocenters. The van der Waals surface area contributed by atoms with Crippen molar-refractivity contribution in [2.75, 3.05) is 18.4 Å². The summed E-state index contributed by atoms with van der Waals surface area (Å²) in [6.45, 7) is 4.38. The highest BCUT2D eigenvalue weighted by molar-refractivity contribution is 7.89. The number of carbonyl (C=O) groups is 1. The van der Waals surface area contributed by atoms with Crippen molar-refractivity contribution in [3.05, 3.63) is 52.3 Å². The third-order valence-electron chi connectivity index (χ3n) is 4.37. The van der Waals surface area contributed by atoms with E-state index in [1.165, 1.54) is 39.9 Å². The largest absolute Gasteiger partial charge is 0.437 e. The number of hydrogen-bond donors (Lipinski definition) is 1. The number of thiophene rings is 1. The predicted octanol–water partition coefficient (Wildman–Crippen LogP) is 2.62. The molecule has 2 heterocycles. The Bertz CT molecular complexity index is 1140. The summed E-state index contributed by atoms with van der Waals surface area (Å²) < 4.78 is 32.6. The molecule has 2 aromatic heterocycles. The molecule has 3 rings (SSSR count). The van der Waals surface area contributed by atoms with Gasteiger partial charge in [0.05, 0.1) is 16.3 Å². The first-order valence-corrected chi connectivity index (χ1v) is 11.7. The van der Waals surface area contributed by atoms with Crippen molar-refractivity contribution in [1.29, 1.82) is 0 Å². The standard InChI is InChI=1S/C19H22N4O5S2/c1-3-22(4-2)30(26,27)15-9-7-14(8-10-15)20-17(24)11-12-23-19(25)28-18(21-23)16-6-5-13-29-16/h5-10,13H,3-4,11-12H2,1-2H3,(H,20,24). The molecule has 0 bridgehead atoms. The van der Waals surface area contributed by atoms with Crippen molar-refractivity contribution in [1.82, 2.24) is 14.1 Å². The lowest BCUT2D eigenvalue weighted by atomic mass is 10.3. The van der Waals surface area contributed by atoms with Gasteiger partial charge in [-0.3, -0.25) is 4.79 Å². The topological polar surface area (TPSA) is 115 Å². The molecule has 0 saturated heterocycles. The Hall–Kier alpha value is -2.76. The fourth-order valence-electron chi connectivity index (χ4n) is 2.80. The Kier molecular flexibility index (Phi) is 6.85. The fraction of sp³-hybridized carbons (Fsp3) is 0.316. The molecule has 1 aromatic carbocycles. The summed E-state index contributed by atoms with van der Waals surface area (Å²) >= 11 is 1.40. The summed E-state index contributed by atoms with van der Waals surface area (Å²) in [5, 5.41) is 8.63. The maximum atomic E-state index is 12.5. The predicted molar refractivity (Wildman–Crippen MR) is 114 cm³/mol. The minimum atomic E-state index is -3.55. The molecule has 0 aliphatic carbocycles. The van der Waals surface area contributed by atoms with Gasteiger partial charge < -0.3 is 9.73 Å². The van der Waals surface area contributed by atoms with Crippen LogP contribution in [0.5, 0.6) is 0 Å². The third-order valence-corrected chi connectivity index (χ3v) is 7.29. The molecule has 1 N–H and O–H groups in total. The molecule has 0 radical (unpaired) electrons. The van der Waals surface area contributed by atoms with E-state index in [4.69, 9.17) is 4.42 Å². The van der Waals surface area contributed by atoms with E-state index < -0.39 is 15.8 Å². The monoisotopic (exact) mass is 450 g/mol. The summed E-state index contributed by atoms with van der Waals surface area (Å²) in [4.78, 5) is 25.0. The lowest BCUT2D eigenvalue weighted by Gasteiger charge is -2.18. The number of nitrogens with one attached hydrogen (secondary N) is 1. The number of rotatable bonds is 9. The zero-order chi connectivity index (χ0) is 21.7.